The van der Waals surface area contributed by atoms with E-state index in [0.717, 1.165) is 5.92 Å². The van der Waals surface area contributed by atoms with Crippen LogP contribution in [0.3, 0.4) is 0 Å². The Morgan fingerprint density at radius 1 is 1.24 bits per heavy atom. The van der Waals surface area contributed by atoms with Crippen molar-refractivity contribution in [3.8, 4) is 0 Å². The van der Waals surface area contributed by atoms with Gasteiger partial charge in [-0.05, 0) is 67.8 Å². The van der Waals surface area contributed by atoms with Crippen LogP contribution in [0, 0.1) is 23.2 Å². The monoisotopic (exact) mass is 288 g/mol. The predicted octanol–water partition coefficient (Wildman–Crippen LogP) is 5.52. The van der Waals surface area contributed by atoms with Gasteiger partial charge in [0.2, 0.25) is 0 Å². The van der Waals surface area contributed by atoms with Crippen molar-refractivity contribution < 1.29 is 4.74 Å². The van der Waals surface area contributed by atoms with Crippen molar-refractivity contribution in [2.24, 2.45) is 23.2 Å². The fourth-order valence-corrected chi connectivity index (χ4v) is 5.53. The van der Waals surface area contributed by atoms with Gasteiger partial charge in [0.05, 0.1) is 5.60 Å². The van der Waals surface area contributed by atoms with E-state index in [4.69, 9.17) is 4.74 Å². The Kier molecular flexibility index (Phi) is 3.84. The maximum Gasteiger partial charge on any atom is 0.0687 e. The molecule has 0 aromatic heterocycles. The molecule has 3 aliphatic carbocycles. The van der Waals surface area contributed by atoms with Crippen LogP contribution < -0.4 is 0 Å². The molecule has 0 aromatic rings. The molecule has 21 heavy (non-hydrogen) atoms. The summed E-state index contributed by atoms with van der Waals surface area (Å²) in [4.78, 5) is 0. The molecule has 4 unspecified atom stereocenters. The van der Waals surface area contributed by atoms with Crippen LogP contribution in [-0.2, 0) is 4.74 Å². The molecule has 1 nitrogen and oxygen atoms in total. The lowest BCUT2D eigenvalue weighted by molar-refractivity contribution is -0.136. The summed E-state index contributed by atoms with van der Waals surface area (Å²) in [7, 11) is 1.92. The van der Waals surface area contributed by atoms with Crippen molar-refractivity contribution in [2.75, 3.05) is 7.11 Å². The zero-order valence-corrected chi connectivity index (χ0v) is 14.5. The number of fused-ring (bicyclic) bond motifs is 3. The number of rotatable bonds is 2. The first-order valence-corrected chi connectivity index (χ1v) is 8.86. The molecule has 118 valence electrons. The summed E-state index contributed by atoms with van der Waals surface area (Å²) in [6.07, 6.45) is 12.9. The standard InChI is InChI=1S/C20H32O/c1-14(2)15-7-9-17-16(13-15)8-10-18-19(17,3)11-6-12-20(18,4)21-5/h8,13-14,17-18H,6-7,9-12H2,1-5H3. The highest BCUT2D eigenvalue weighted by molar-refractivity contribution is 5.35. The molecule has 1 fully saturated rings. The van der Waals surface area contributed by atoms with E-state index in [9.17, 15) is 0 Å². The molecule has 1 saturated carbocycles. The van der Waals surface area contributed by atoms with Crippen molar-refractivity contribution >= 4 is 0 Å². The lowest BCUT2D eigenvalue weighted by atomic mass is 9.50. The SMILES string of the molecule is COC1(C)CCCC2(C)C3CCC(C(C)C)=CC3=CCC12. The summed E-state index contributed by atoms with van der Waals surface area (Å²) < 4.78 is 6.01. The lowest BCUT2D eigenvalue weighted by Gasteiger charge is -2.57. The predicted molar refractivity (Wildman–Crippen MR) is 89.2 cm³/mol. The molecule has 0 bridgehead atoms. The van der Waals surface area contributed by atoms with Gasteiger partial charge in [-0.1, -0.05) is 44.9 Å². The Labute approximate surface area is 130 Å². The smallest absolute Gasteiger partial charge is 0.0687 e. The van der Waals surface area contributed by atoms with E-state index in [1.807, 2.05) is 7.11 Å². The largest absolute Gasteiger partial charge is 0.378 e. The summed E-state index contributed by atoms with van der Waals surface area (Å²) in [5.74, 6) is 2.15. The summed E-state index contributed by atoms with van der Waals surface area (Å²) in [6, 6.07) is 0. The molecule has 4 atom stereocenters. The first-order chi connectivity index (χ1) is 9.90. The average molecular weight is 288 g/mol. The normalized spacial score (nSPS) is 43.0. The minimum absolute atomic E-state index is 0.0804. The highest BCUT2D eigenvalue weighted by Gasteiger charge is 2.54. The van der Waals surface area contributed by atoms with Crippen LogP contribution in [0.25, 0.3) is 0 Å². The van der Waals surface area contributed by atoms with E-state index >= 15 is 0 Å². The van der Waals surface area contributed by atoms with Crippen LogP contribution in [0.4, 0.5) is 0 Å². The van der Waals surface area contributed by atoms with Gasteiger partial charge in [-0.15, -0.1) is 0 Å². The molecular formula is C20H32O. The summed E-state index contributed by atoms with van der Waals surface area (Å²) in [5.41, 5.74) is 3.82. The second-order valence-corrected chi connectivity index (χ2v) is 8.33. The van der Waals surface area contributed by atoms with E-state index < -0.39 is 0 Å². The number of ether oxygens (including phenoxy) is 1. The Morgan fingerprint density at radius 2 is 2.00 bits per heavy atom. The van der Waals surface area contributed by atoms with Crippen molar-refractivity contribution in [2.45, 2.75) is 71.8 Å². The van der Waals surface area contributed by atoms with Crippen molar-refractivity contribution in [1.82, 2.24) is 0 Å². The van der Waals surface area contributed by atoms with E-state index in [1.54, 1.807) is 11.1 Å². The van der Waals surface area contributed by atoms with Crippen LogP contribution in [0.1, 0.15) is 66.2 Å². The molecule has 0 aliphatic heterocycles. The van der Waals surface area contributed by atoms with Gasteiger partial charge in [0.25, 0.3) is 0 Å². The summed E-state index contributed by atoms with van der Waals surface area (Å²) >= 11 is 0. The Bertz CT molecular complexity index is 472. The van der Waals surface area contributed by atoms with Crippen LogP contribution in [0.5, 0.6) is 0 Å². The summed E-state index contributed by atoms with van der Waals surface area (Å²) in [5, 5.41) is 0. The van der Waals surface area contributed by atoms with Gasteiger partial charge in [-0.3, -0.25) is 0 Å². The van der Waals surface area contributed by atoms with Gasteiger partial charge in [-0.25, -0.2) is 0 Å². The molecule has 0 radical (unpaired) electrons. The maximum absolute atomic E-state index is 6.01. The minimum Gasteiger partial charge on any atom is -0.378 e. The van der Waals surface area contributed by atoms with Crippen molar-refractivity contribution in [3.63, 3.8) is 0 Å². The average Bonchev–Trinajstić information content (AvgIpc) is 2.46. The van der Waals surface area contributed by atoms with E-state index in [2.05, 4.69) is 39.8 Å². The van der Waals surface area contributed by atoms with E-state index in [-0.39, 0.29) is 5.60 Å². The van der Waals surface area contributed by atoms with E-state index in [0.29, 0.717) is 17.3 Å². The Hall–Kier alpha value is -0.560. The van der Waals surface area contributed by atoms with Gasteiger partial charge in [0.15, 0.2) is 0 Å². The van der Waals surface area contributed by atoms with Crippen molar-refractivity contribution in [3.05, 3.63) is 23.3 Å². The number of hydrogen-bond acceptors (Lipinski definition) is 1. The van der Waals surface area contributed by atoms with Gasteiger partial charge in [0.1, 0.15) is 0 Å². The van der Waals surface area contributed by atoms with Crippen LogP contribution >= 0.6 is 0 Å². The van der Waals surface area contributed by atoms with Gasteiger partial charge in [0, 0.05) is 7.11 Å². The first kappa shape index (κ1) is 15.3. The third kappa shape index (κ3) is 2.32. The highest BCUT2D eigenvalue weighted by atomic mass is 16.5. The van der Waals surface area contributed by atoms with Gasteiger partial charge >= 0.3 is 0 Å². The fourth-order valence-electron chi connectivity index (χ4n) is 5.53. The van der Waals surface area contributed by atoms with Gasteiger partial charge in [-0.2, -0.15) is 0 Å². The third-order valence-electron chi connectivity index (χ3n) is 6.99. The molecule has 3 aliphatic rings. The molecule has 1 heteroatoms. The van der Waals surface area contributed by atoms with Crippen LogP contribution in [-0.4, -0.2) is 12.7 Å². The molecule has 0 heterocycles. The first-order valence-electron chi connectivity index (χ1n) is 8.86. The second kappa shape index (κ2) is 5.26. The van der Waals surface area contributed by atoms with Crippen LogP contribution in [0.2, 0.25) is 0 Å². The molecule has 3 rings (SSSR count). The Balaban J connectivity index is 1.97. The fraction of sp³-hybridized carbons (Fsp3) is 0.800. The highest BCUT2D eigenvalue weighted by Crippen LogP contribution is 2.60. The topological polar surface area (TPSA) is 9.23 Å². The molecule has 0 saturated heterocycles. The van der Waals surface area contributed by atoms with Crippen molar-refractivity contribution in [1.29, 1.82) is 0 Å². The summed E-state index contributed by atoms with van der Waals surface area (Å²) in [6.45, 7) is 9.58. The minimum atomic E-state index is 0.0804. The molecular weight excluding hydrogens is 256 g/mol. The lowest BCUT2D eigenvalue weighted by Crippen LogP contribution is -2.54. The molecule has 0 amide bonds. The zero-order valence-electron chi connectivity index (χ0n) is 14.5. The molecule has 0 N–H and O–H groups in total. The quantitative estimate of drug-likeness (QED) is 0.650. The zero-order chi connectivity index (χ0) is 15.3. The third-order valence-corrected chi connectivity index (χ3v) is 6.99. The van der Waals surface area contributed by atoms with Gasteiger partial charge < -0.3 is 4.74 Å². The maximum atomic E-state index is 6.01. The second-order valence-electron chi connectivity index (χ2n) is 8.33. The van der Waals surface area contributed by atoms with Crippen LogP contribution in [0.15, 0.2) is 23.3 Å². The number of hydrogen-bond donors (Lipinski definition) is 0. The number of allylic oxidation sites excluding steroid dienone is 4. The molecule has 0 aromatic carbocycles. The number of methoxy groups -OCH3 is 1. The Morgan fingerprint density at radius 3 is 2.67 bits per heavy atom. The molecule has 0 spiro atoms. The van der Waals surface area contributed by atoms with E-state index in [1.165, 1.54) is 38.5 Å².